The van der Waals surface area contributed by atoms with Crippen molar-refractivity contribution in [2.45, 2.75) is 38.8 Å². The SMILES string of the molecule is COc1ccccc1NC(=O)N(CC(=O)N(CCc1ccc(OC)c(OC)c1)Cc1ccc(C)s1)C1CC1. The number of carbonyl (C=O) groups excluding carboxylic acids is 2. The average molecular weight is 538 g/mol. The van der Waals surface area contributed by atoms with E-state index in [9.17, 15) is 9.59 Å². The molecule has 0 atom stereocenters. The summed E-state index contributed by atoms with van der Waals surface area (Å²) in [7, 11) is 4.78. The molecule has 3 amide bonds. The third-order valence-corrected chi connectivity index (χ3v) is 7.50. The highest BCUT2D eigenvalue weighted by molar-refractivity contribution is 7.11. The van der Waals surface area contributed by atoms with Crippen molar-refractivity contribution >= 4 is 29.0 Å². The van der Waals surface area contributed by atoms with Gasteiger partial charge in [-0.1, -0.05) is 18.2 Å². The Morgan fingerprint density at radius 2 is 1.68 bits per heavy atom. The van der Waals surface area contributed by atoms with Crippen molar-refractivity contribution < 1.29 is 23.8 Å². The molecule has 1 N–H and O–H groups in total. The lowest BCUT2D eigenvalue weighted by Crippen LogP contribution is -2.45. The number of nitrogens with one attached hydrogen (secondary N) is 1. The van der Waals surface area contributed by atoms with E-state index in [-0.39, 0.29) is 24.5 Å². The van der Waals surface area contributed by atoms with Crippen molar-refractivity contribution in [2.24, 2.45) is 0 Å². The molecule has 1 aliphatic rings. The number of methoxy groups -OCH3 is 3. The molecule has 0 saturated heterocycles. The lowest BCUT2D eigenvalue weighted by atomic mass is 10.1. The Bertz CT molecular complexity index is 1260. The molecule has 0 bridgehead atoms. The van der Waals surface area contributed by atoms with E-state index < -0.39 is 0 Å². The summed E-state index contributed by atoms with van der Waals surface area (Å²) >= 11 is 1.68. The van der Waals surface area contributed by atoms with E-state index >= 15 is 0 Å². The largest absolute Gasteiger partial charge is 0.495 e. The molecule has 0 radical (unpaired) electrons. The van der Waals surface area contributed by atoms with Gasteiger partial charge in [-0.3, -0.25) is 4.79 Å². The Morgan fingerprint density at radius 3 is 2.34 bits per heavy atom. The number of benzene rings is 2. The number of para-hydroxylation sites is 2. The number of rotatable bonds is 12. The van der Waals surface area contributed by atoms with Crippen molar-refractivity contribution in [2.75, 3.05) is 39.7 Å². The molecule has 8 nitrogen and oxygen atoms in total. The standard InChI is InChI=1S/C29H35N3O5S/c1-20-9-13-23(38-20)18-31(16-15-21-10-14-26(36-3)27(17-21)37-4)28(33)19-32(22-11-12-22)29(34)30-24-7-5-6-8-25(24)35-2/h5-10,13-14,17,22H,11-12,15-16,18-19H2,1-4H3,(H,30,34). The minimum atomic E-state index is -0.294. The summed E-state index contributed by atoms with van der Waals surface area (Å²) in [6.45, 7) is 3.08. The summed E-state index contributed by atoms with van der Waals surface area (Å²) in [5, 5.41) is 2.93. The van der Waals surface area contributed by atoms with Crippen molar-refractivity contribution in [3.63, 3.8) is 0 Å². The molecule has 38 heavy (non-hydrogen) atoms. The highest BCUT2D eigenvalue weighted by Crippen LogP contribution is 2.30. The topological polar surface area (TPSA) is 80.3 Å². The number of carbonyl (C=O) groups is 2. The van der Waals surface area contributed by atoms with Gasteiger partial charge in [0.15, 0.2) is 11.5 Å². The monoisotopic (exact) mass is 537 g/mol. The molecule has 202 valence electrons. The first-order valence-electron chi connectivity index (χ1n) is 12.7. The number of urea groups is 1. The zero-order chi connectivity index (χ0) is 27.1. The summed E-state index contributed by atoms with van der Waals surface area (Å²) in [6.07, 6.45) is 2.43. The number of ether oxygens (including phenoxy) is 3. The molecule has 0 spiro atoms. The van der Waals surface area contributed by atoms with Gasteiger partial charge in [-0.05, 0) is 68.1 Å². The summed E-state index contributed by atoms with van der Waals surface area (Å²) in [5.41, 5.74) is 1.62. The van der Waals surface area contributed by atoms with Crippen LogP contribution >= 0.6 is 11.3 Å². The Kier molecular flexibility index (Phi) is 9.12. The van der Waals surface area contributed by atoms with Crippen molar-refractivity contribution in [3.05, 3.63) is 69.9 Å². The molecular weight excluding hydrogens is 502 g/mol. The lowest BCUT2D eigenvalue weighted by molar-refractivity contribution is -0.132. The second-order valence-corrected chi connectivity index (χ2v) is 10.6. The van der Waals surface area contributed by atoms with E-state index in [2.05, 4.69) is 24.4 Å². The molecule has 9 heteroatoms. The van der Waals surface area contributed by atoms with Gasteiger partial charge in [-0.25, -0.2) is 4.79 Å². The Morgan fingerprint density at radius 1 is 0.947 bits per heavy atom. The Hall–Kier alpha value is -3.72. The fourth-order valence-electron chi connectivity index (χ4n) is 4.28. The maximum absolute atomic E-state index is 13.7. The van der Waals surface area contributed by atoms with Crippen LogP contribution in [0.4, 0.5) is 10.5 Å². The number of aryl methyl sites for hydroxylation is 1. The number of hydrogen-bond acceptors (Lipinski definition) is 6. The zero-order valence-corrected chi connectivity index (χ0v) is 23.2. The van der Waals surface area contributed by atoms with Gasteiger partial charge in [0, 0.05) is 22.3 Å². The average Bonchev–Trinajstić information content (AvgIpc) is 3.69. The highest BCUT2D eigenvalue weighted by atomic mass is 32.1. The van der Waals surface area contributed by atoms with Crippen LogP contribution in [0.5, 0.6) is 17.2 Å². The van der Waals surface area contributed by atoms with E-state index in [0.717, 1.165) is 23.3 Å². The molecule has 3 aromatic rings. The number of anilines is 1. The van der Waals surface area contributed by atoms with E-state index in [4.69, 9.17) is 14.2 Å². The summed E-state index contributed by atoms with van der Waals surface area (Å²) in [6, 6.07) is 17.0. The molecule has 1 heterocycles. The summed E-state index contributed by atoms with van der Waals surface area (Å²) < 4.78 is 16.2. The van der Waals surface area contributed by atoms with Crippen LogP contribution in [-0.2, 0) is 17.8 Å². The molecule has 0 aliphatic heterocycles. The van der Waals surface area contributed by atoms with Gasteiger partial charge in [0.2, 0.25) is 5.91 Å². The van der Waals surface area contributed by atoms with Gasteiger partial charge in [-0.2, -0.15) is 0 Å². The number of thiophene rings is 1. The first-order chi connectivity index (χ1) is 18.4. The van der Waals surface area contributed by atoms with Gasteiger partial charge < -0.3 is 29.3 Å². The first-order valence-corrected chi connectivity index (χ1v) is 13.5. The minimum absolute atomic E-state index is 0.0158. The van der Waals surface area contributed by atoms with Crippen molar-refractivity contribution in [1.82, 2.24) is 9.80 Å². The van der Waals surface area contributed by atoms with Gasteiger partial charge in [0.05, 0.1) is 33.6 Å². The van der Waals surface area contributed by atoms with E-state index in [0.29, 0.717) is 42.4 Å². The molecule has 1 aromatic heterocycles. The van der Waals surface area contributed by atoms with Crippen LogP contribution in [0.3, 0.4) is 0 Å². The maximum atomic E-state index is 13.7. The molecule has 1 fully saturated rings. The number of amides is 3. The fraction of sp³-hybridized carbons (Fsp3) is 0.379. The van der Waals surface area contributed by atoms with Gasteiger partial charge in [0.1, 0.15) is 12.3 Å². The maximum Gasteiger partial charge on any atom is 0.322 e. The number of nitrogens with zero attached hydrogens (tertiary/aromatic N) is 2. The first kappa shape index (κ1) is 27.3. The molecule has 2 aromatic carbocycles. The predicted molar refractivity (Wildman–Crippen MR) is 149 cm³/mol. The number of hydrogen-bond donors (Lipinski definition) is 1. The quantitative estimate of drug-likeness (QED) is 0.337. The van der Waals surface area contributed by atoms with E-state index in [1.807, 2.05) is 35.2 Å². The second kappa shape index (κ2) is 12.7. The van der Waals surface area contributed by atoms with Crippen LogP contribution in [-0.4, -0.2) is 62.2 Å². The summed E-state index contributed by atoms with van der Waals surface area (Å²) in [5.74, 6) is 1.81. The molecule has 1 saturated carbocycles. The normalized spacial score (nSPS) is 12.5. The predicted octanol–water partition coefficient (Wildman–Crippen LogP) is 5.35. The Labute approximate surface area is 228 Å². The van der Waals surface area contributed by atoms with Crippen molar-refractivity contribution in [1.29, 1.82) is 0 Å². The zero-order valence-electron chi connectivity index (χ0n) is 22.4. The van der Waals surface area contributed by atoms with Crippen LogP contribution in [0.15, 0.2) is 54.6 Å². The van der Waals surface area contributed by atoms with E-state index in [1.165, 1.54) is 4.88 Å². The lowest BCUT2D eigenvalue weighted by Gasteiger charge is -2.28. The summed E-state index contributed by atoms with van der Waals surface area (Å²) in [4.78, 5) is 32.7. The minimum Gasteiger partial charge on any atom is -0.495 e. The fourth-order valence-corrected chi connectivity index (χ4v) is 5.19. The Balaban J connectivity index is 1.48. The van der Waals surface area contributed by atoms with Crippen LogP contribution < -0.4 is 19.5 Å². The second-order valence-electron chi connectivity index (χ2n) is 9.26. The molecule has 1 aliphatic carbocycles. The van der Waals surface area contributed by atoms with E-state index in [1.54, 1.807) is 49.7 Å². The third kappa shape index (κ3) is 6.98. The van der Waals surface area contributed by atoms with Gasteiger partial charge >= 0.3 is 6.03 Å². The smallest absolute Gasteiger partial charge is 0.322 e. The van der Waals surface area contributed by atoms with Gasteiger partial charge in [0.25, 0.3) is 0 Å². The molecular formula is C29H35N3O5S. The van der Waals surface area contributed by atoms with Gasteiger partial charge in [-0.15, -0.1) is 11.3 Å². The van der Waals surface area contributed by atoms with Crippen LogP contribution in [0.1, 0.15) is 28.2 Å². The molecule has 0 unspecified atom stereocenters. The third-order valence-electron chi connectivity index (χ3n) is 6.52. The highest BCUT2D eigenvalue weighted by Gasteiger charge is 2.35. The van der Waals surface area contributed by atoms with Crippen LogP contribution in [0, 0.1) is 6.92 Å². The van der Waals surface area contributed by atoms with Crippen molar-refractivity contribution in [3.8, 4) is 17.2 Å². The van der Waals surface area contributed by atoms with Crippen LogP contribution in [0.2, 0.25) is 0 Å². The molecule has 4 rings (SSSR count). The van der Waals surface area contributed by atoms with Crippen LogP contribution in [0.25, 0.3) is 0 Å².